The fraction of sp³-hybridized carbons (Fsp3) is 0.100. The number of hydrogen-bond acceptors (Lipinski definition) is 2. The third kappa shape index (κ3) is 3.49. The molecule has 0 atom stereocenters. The molecule has 25 heavy (non-hydrogen) atoms. The summed E-state index contributed by atoms with van der Waals surface area (Å²) in [6.07, 6.45) is 4.33. The predicted molar refractivity (Wildman–Crippen MR) is 97.7 cm³/mol. The molecule has 124 valence electrons. The molecule has 4 aromatic rings. The molecule has 0 amide bonds. The number of halogens is 1. The van der Waals surface area contributed by atoms with Crippen LogP contribution in [0, 0.1) is 0 Å². The smallest absolute Gasteiger partial charge is 0.235 e. The summed E-state index contributed by atoms with van der Waals surface area (Å²) in [7, 11) is 0. The van der Waals surface area contributed by atoms with Gasteiger partial charge in [-0.3, -0.25) is 4.98 Å². The molecule has 2 N–H and O–H groups in total. The molecule has 5 heteroatoms. The molecule has 2 heterocycles. The zero-order valence-electron chi connectivity index (χ0n) is 13.5. The number of benzene rings is 2. The Balaban J connectivity index is 1.47. The summed E-state index contributed by atoms with van der Waals surface area (Å²) in [5.41, 5.74) is 4.34. The van der Waals surface area contributed by atoms with Crippen molar-refractivity contribution in [2.45, 2.75) is 13.0 Å². The molecule has 4 rings (SSSR count). The summed E-state index contributed by atoms with van der Waals surface area (Å²) in [4.78, 5) is 10.4. The van der Waals surface area contributed by atoms with Crippen molar-refractivity contribution in [2.75, 3.05) is 0 Å². The van der Waals surface area contributed by atoms with Gasteiger partial charge in [0.1, 0.15) is 17.7 Å². The minimum absolute atomic E-state index is 0.507. The van der Waals surface area contributed by atoms with Crippen LogP contribution in [0.2, 0.25) is 5.15 Å². The number of aromatic amines is 2. The van der Waals surface area contributed by atoms with Crippen LogP contribution in [0.25, 0.3) is 11.0 Å². The summed E-state index contributed by atoms with van der Waals surface area (Å²) in [6, 6.07) is 18.3. The maximum absolute atomic E-state index is 6.22. The highest BCUT2D eigenvalue weighted by Gasteiger charge is 2.14. The molecule has 4 nitrogen and oxygen atoms in total. The van der Waals surface area contributed by atoms with Crippen molar-refractivity contribution in [1.82, 2.24) is 9.97 Å². The Morgan fingerprint density at radius 2 is 1.80 bits per heavy atom. The van der Waals surface area contributed by atoms with Crippen LogP contribution >= 0.6 is 11.6 Å². The molecule has 0 saturated heterocycles. The minimum Gasteiger partial charge on any atom is -0.489 e. The first-order valence-corrected chi connectivity index (χ1v) is 8.45. The summed E-state index contributed by atoms with van der Waals surface area (Å²) in [6.45, 7) is 0.569. The lowest BCUT2D eigenvalue weighted by Gasteiger charge is -2.07. The van der Waals surface area contributed by atoms with Crippen molar-refractivity contribution in [2.24, 2.45) is 0 Å². The highest BCUT2D eigenvalue weighted by molar-refractivity contribution is 6.34. The number of H-pyrrole nitrogens is 2. The predicted octanol–water partition coefficient (Wildman–Crippen LogP) is 4.20. The van der Waals surface area contributed by atoms with Crippen LogP contribution in [0.5, 0.6) is 5.75 Å². The van der Waals surface area contributed by atoms with Gasteiger partial charge >= 0.3 is 0 Å². The number of rotatable bonds is 5. The highest BCUT2D eigenvalue weighted by Crippen LogP contribution is 2.24. The molecule has 0 saturated carbocycles. The van der Waals surface area contributed by atoms with Crippen LogP contribution in [0.15, 0.2) is 67.1 Å². The van der Waals surface area contributed by atoms with Crippen LogP contribution in [0.4, 0.5) is 0 Å². The molecule has 0 aliphatic carbocycles. The molecule has 0 unspecified atom stereocenters. The van der Waals surface area contributed by atoms with Gasteiger partial charge in [-0.1, -0.05) is 47.4 Å². The molecule has 0 aliphatic heterocycles. The topological polar surface area (TPSA) is 52.0 Å². The molecule has 0 radical (unpaired) electrons. The van der Waals surface area contributed by atoms with Crippen molar-refractivity contribution in [3.63, 3.8) is 0 Å². The molecule has 0 bridgehead atoms. The van der Waals surface area contributed by atoms with E-state index in [4.69, 9.17) is 16.3 Å². The highest BCUT2D eigenvalue weighted by atomic mass is 35.5. The van der Waals surface area contributed by atoms with Gasteiger partial charge in [-0.05, 0) is 34.9 Å². The second kappa shape index (κ2) is 6.95. The Labute approximate surface area is 150 Å². The van der Waals surface area contributed by atoms with E-state index >= 15 is 0 Å². The molecular formula is C20H17ClN3O+. The zero-order valence-corrected chi connectivity index (χ0v) is 14.3. The van der Waals surface area contributed by atoms with Crippen molar-refractivity contribution >= 4 is 22.6 Å². The van der Waals surface area contributed by atoms with Crippen molar-refractivity contribution in [3.05, 3.63) is 89.0 Å². The standard InChI is InChI=1S/C20H16ClN3O/c21-19-18-16(11-22-20(18)24-13-23-19)10-14-6-8-17(9-7-14)25-12-15-4-2-1-3-5-15/h1-9,11,13H,10,12H2,(H,22,23,24)/p+1. The summed E-state index contributed by atoms with van der Waals surface area (Å²) in [5.74, 6) is 0.861. The number of fused-ring (bicyclic) bond motifs is 1. The lowest BCUT2D eigenvalue weighted by Crippen LogP contribution is -2.04. The summed E-state index contributed by atoms with van der Waals surface area (Å²) in [5, 5.41) is 1.45. The van der Waals surface area contributed by atoms with Gasteiger partial charge in [-0.2, -0.15) is 0 Å². The Kier molecular flexibility index (Phi) is 4.36. The lowest BCUT2D eigenvalue weighted by molar-refractivity contribution is -0.352. The zero-order chi connectivity index (χ0) is 17.1. The summed E-state index contributed by atoms with van der Waals surface area (Å²) >= 11 is 6.22. The van der Waals surface area contributed by atoms with Crippen LogP contribution in [-0.4, -0.2) is 9.97 Å². The quantitative estimate of drug-likeness (QED) is 0.548. The molecule has 0 aliphatic rings. The SMILES string of the molecule is Clc1nc[nH+]c2[nH]cc(Cc3ccc(OCc4ccccc4)cc3)c12. The van der Waals surface area contributed by atoms with Gasteiger partial charge in [0, 0.05) is 12.0 Å². The van der Waals surface area contributed by atoms with E-state index in [2.05, 4.69) is 39.2 Å². The largest absolute Gasteiger partial charge is 0.489 e. The van der Waals surface area contributed by atoms with E-state index in [1.54, 1.807) is 6.33 Å². The van der Waals surface area contributed by atoms with E-state index in [1.165, 1.54) is 5.56 Å². The van der Waals surface area contributed by atoms with Crippen molar-refractivity contribution < 1.29 is 9.72 Å². The normalized spacial score (nSPS) is 10.9. The van der Waals surface area contributed by atoms with Gasteiger partial charge in [-0.25, -0.2) is 4.98 Å². The molecule has 2 aromatic heterocycles. The fourth-order valence-electron chi connectivity index (χ4n) is 2.84. The van der Waals surface area contributed by atoms with E-state index in [0.717, 1.165) is 34.3 Å². The third-order valence-electron chi connectivity index (χ3n) is 4.12. The molecular weight excluding hydrogens is 334 g/mol. The average molecular weight is 351 g/mol. The molecule has 2 aromatic carbocycles. The third-order valence-corrected chi connectivity index (χ3v) is 4.41. The molecule has 0 fully saturated rings. The van der Waals surface area contributed by atoms with Crippen LogP contribution in [-0.2, 0) is 13.0 Å². The van der Waals surface area contributed by atoms with Gasteiger partial charge in [0.25, 0.3) is 0 Å². The minimum atomic E-state index is 0.507. The first kappa shape index (κ1) is 15.7. The van der Waals surface area contributed by atoms with Gasteiger partial charge in [-0.15, -0.1) is 0 Å². The Hall–Kier alpha value is -2.85. The average Bonchev–Trinajstić information content (AvgIpc) is 3.06. The van der Waals surface area contributed by atoms with Crippen LogP contribution in [0.3, 0.4) is 0 Å². The van der Waals surface area contributed by atoms with Gasteiger partial charge < -0.3 is 4.74 Å². The number of aromatic nitrogens is 3. The van der Waals surface area contributed by atoms with Crippen molar-refractivity contribution in [3.8, 4) is 5.75 Å². The number of nitrogens with one attached hydrogen (secondary N) is 2. The van der Waals surface area contributed by atoms with Gasteiger partial charge in [0.2, 0.25) is 17.1 Å². The Bertz CT molecular complexity index is 981. The first-order chi connectivity index (χ1) is 12.3. The molecule has 0 spiro atoms. The summed E-state index contributed by atoms with van der Waals surface area (Å²) < 4.78 is 5.83. The Morgan fingerprint density at radius 1 is 1.00 bits per heavy atom. The number of hydrogen-bond donors (Lipinski definition) is 1. The monoisotopic (exact) mass is 350 g/mol. The Morgan fingerprint density at radius 3 is 2.60 bits per heavy atom. The van der Waals surface area contributed by atoms with Gasteiger partial charge in [0.05, 0.1) is 6.20 Å². The van der Waals surface area contributed by atoms with E-state index in [1.807, 2.05) is 36.5 Å². The number of nitrogens with zero attached hydrogens (tertiary/aromatic N) is 1. The maximum Gasteiger partial charge on any atom is 0.235 e. The van der Waals surface area contributed by atoms with Crippen LogP contribution < -0.4 is 9.72 Å². The van der Waals surface area contributed by atoms with E-state index in [9.17, 15) is 0 Å². The van der Waals surface area contributed by atoms with E-state index in [0.29, 0.717) is 11.8 Å². The number of ether oxygens (including phenoxy) is 1. The van der Waals surface area contributed by atoms with Gasteiger partial charge in [0.15, 0.2) is 0 Å². The second-order valence-electron chi connectivity index (χ2n) is 5.85. The van der Waals surface area contributed by atoms with Crippen molar-refractivity contribution in [1.29, 1.82) is 0 Å². The fourth-order valence-corrected chi connectivity index (χ4v) is 3.10. The van der Waals surface area contributed by atoms with Crippen LogP contribution in [0.1, 0.15) is 16.7 Å². The van der Waals surface area contributed by atoms with E-state index in [-0.39, 0.29) is 0 Å². The lowest BCUT2D eigenvalue weighted by atomic mass is 10.1. The second-order valence-corrected chi connectivity index (χ2v) is 6.21. The maximum atomic E-state index is 6.22. The van der Waals surface area contributed by atoms with E-state index < -0.39 is 0 Å². The first-order valence-electron chi connectivity index (χ1n) is 8.07.